The monoisotopic (exact) mass is 570 g/mol. The number of hydrogen-bond acceptors (Lipinski definition) is 5. The molecule has 2 rings (SSSR count). The molecule has 0 atom stereocenters. The summed E-state index contributed by atoms with van der Waals surface area (Å²) in [5.74, 6) is 2.50. The smallest absolute Gasteiger partial charge is 0.191 e. The minimum absolute atomic E-state index is 0. The zero-order valence-corrected chi connectivity index (χ0v) is 22.6. The number of guanidine groups is 1. The Morgan fingerprint density at radius 1 is 0.970 bits per heavy atom. The van der Waals surface area contributed by atoms with Crippen LogP contribution in [0.25, 0.3) is 0 Å². The van der Waals surface area contributed by atoms with Gasteiger partial charge in [-0.1, -0.05) is 24.3 Å². The Kier molecular flexibility index (Phi) is 15.3. The highest BCUT2D eigenvalue weighted by Gasteiger charge is 2.02. The van der Waals surface area contributed by atoms with Crippen LogP contribution in [0.5, 0.6) is 11.5 Å². The van der Waals surface area contributed by atoms with E-state index in [0.29, 0.717) is 19.7 Å². The maximum atomic E-state index is 5.85. The first-order valence-corrected chi connectivity index (χ1v) is 11.2. The fourth-order valence-corrected chi connectivity index (χ4v) is 2.88. The Morgan fingerprint density at radius 2 is 1.76 bits per heavy atom. The van der Waals surface area contributed by atoms with Gasteiger partial charge in [0.2, 0.25) is 0 Å². The van der Waals surface area contributed by atoms with Crippen LogP contribution in [0.3, 0.4) is 0 Å². The maximum Gasteiger partial charge on any atom is 0.191 e. The second-order valence-corrected chi connectivity index (χ2v) is 7.64. The Morgan fingerprint density at radius 3 is 2.45 bits per heavy atom. The molecule has 2 aromatic carbocycles. The molecule has 0 spiro atoms. The molecule has 7 nitrogen and oxygen atoms in total. The summed E-state index contributed by atoms with van der Waals surface area (Å²) in [7, 11) is 5.75. The lowest BCUT2D eigenvalue weighted by Crippen LogP contribution is -2.37. The van der Waals surface area contributed by atoms with Crippen molar-refractivity contribution in [2.24, 2.45) is 4.99 Å². The SMILES string of the molecule is CCOCCCNC(=NCc1cccc(OCCN(C)C)c1)NCc1ccc(OC)cc1.I. The van der Waals surface area contributed by atoms with E-state index in [9.17, 15) is 0 Å². The fourth-order valence-electron chi connectivity index (χ4n) is 2.88. The molecular weight excluding hydrogens is 531 g/mol. The largest absolute Gasteiger partial charge is 0.497 e. The molecule has 2 aromatic rings. The third-order valence-electron chi connectivity index (χ3n) is 4.71. The average molecular weight is 571 g/mol. The molecule has 8 heteroatoms. The van der Waals surface area contributed by atoms with Crippen molar-refractivity contribution >= 4 is 29.9 Å². The summed E-state index contributed by atoms with van der Waals surface area (Å²) < 4.78 is 16.5. The molecule has 0 radical (unpaired) electrons. The molecule has 0 unspecified atom stereocenters. The lowest BCUT2D eigenvalue weighted by atomic mass is 10.2. The molecule has 184 valence electrons. The topological polar surface area (TPSA) is 67.3 Å². The summed E-state index contributed by atoms with van der Waals surface area (Å²) in [6.45, 7) is 7.06. The van der Waals surface area contributed by atoms with E-state index in [0.717, 1.165) is 61.3 Å². The van der Waals surface area contributed by atoms with Crippen LogP contribution in [0, 0.1) is 0 Å². The van der Waals surface area contributed by atoms with Crippen molar-refractivity contribution in [2.45, 2.75) is 26.4 Å². The molecule has 0 aliphatic carbocycles. The van der Waals surface area contributed by atoms with Crippen LogP contribution in [-0.4, -0.2) is 65.0 Å². The highest BCUT2D eigenvalue weighted by Crippen LogP contribution is 2.14. The molecule has 0 heterocycles. The van der Waals surface area contributed by atoms with Gasteiger partial charge in [-0.05, 0) is 62.8 Å². The number of rotatable bonds is 14. The normalized spacial score (nSPS) is 11.1. The molecule has 0 aliphatic rings. The standard InChI is InChI=1S/C25H38N4O3.HI/c1-5-31-16-7-14-26-25(27-19-21-10-12-23(30-4)13-11-21)28-20-22-8-6-9-24(18-22)32-17-15-29(2)3;/h6,8-13,18H,5,7,14-17,19-20H2,1-4H3,(H2,26,27,28);1H. The van der Waals surface area contributed by atoms with Gasteiger partial charge in [-0.3, -0.25) is 0 Å². The van der Waals surface area contributed by atoms with Crippen molar-refractivity contribution in [1.29, 1.82) is 0 Å². The number of nitrogens with zero attached hydrogens (tertiary/aromatic N) is 2. The minimum atomic E-state index is 0. The average Bonchev–Trinajstić information content (AvgIpc) is 2.80. The van der Waals surface area contributed by atoms with Gasteiger partial charge in [-0.15, -0.1) is 24.0 Å². The lowest BCUT2D eigenvalue weighted by molar-refractivity contribution is 0.145. The third-order valence-corrected chi connectivity index (χ3v) is 4.71. The number of ether oxygens (including phenoxy) is 3. The van der Waals surface area contributed by atoms with E-state index in [-0.39, 0.29) is 24.0 Å². The van der Waals surface area contributed by atoms with Gasteiger partial charge in [-0.2, -0.15) is 0 Å². The van der Waals surface area contributed by atoms with E-state index >= 15 is 0 Å². The van der Waals surface area contributed by atoms with Gasteiger partial charge in [-0.25, -0.2) is 4.99 Å². The van der Waals surface area contributed by atoms with Gasteiger partial charge in [0.05, 0.1) is 13.7 Å². The maximum absolute atomic E-state index is 5.85. The van der Waals surface area contributed by atoms with Crippen LogP contribution in [0.1, 0.15) is 24.5 Å². The number of benzene rings is 2. The summed E-state index contributed by atoms with van der Waals surface area (Å²) >= 11 is 0. The Balaban J connectivity index is 0.00000544. The summed E-state index contributed by atoms with van der Waals surface area (Å²) in [6, 6.07) is 16.1. The Labute approximate surface area is 215 Å². The molecule has 0 aromatic heterocycles. The first-order valence-electron chi connectivity index (χ1n) is 11.2. The highest BCUT2D eigenvalue weighted by atomic mass is 127. The summed E-state index contributed by atoms with van der Waals surface area (Å²) in [5, 5.41) is 6.82. The van der Waals surface area contributed by atoms with Gasteiger partial charge < -0.3 is 29.7 Å². The van der Waals surface area contributed by atoms with Gasteiger partial charge in [0.25, 0.3) is 0 Å². The summed E-state index contributed by atoms with van der Waals surface area (Å²) in [6.07, 6.45) is 0.923. The van der Waals surface area contributed by atoms with E-state index in [1.807, 2.05) is 57.4 Å². The van der Waals surface area contributed by atoms with Crippen molar-refractivity contribution in [3.8, 4) is 11.5 Å². The molecular formula is C25H39IN4O3. The first kappa shape index (κ1) is 29.0. The molecule has 0 bridgehead atoms. The Hall–Kier alpha value is -2.04. The van der Waals surface area contributed by atoms with Gasteiger partial charge >= 0.3 is 0 Å². The van der Waals surface area contributed by atoms with Crippen LogP contribution in [0.2, 0.25) is 0 Å². The second kappa shape index (κ2) is 17.4. The van der Waals surface area contributed by atoms with Crippen molar-refractivity contribution in [3.63, 3.8) is 0 Å². The fraction of sp³-hybridized carbons (Fsp3) is 0.480. The van der Waals surface area contributed by atoms with Gasteiger partial charge in [0.1, 0.15) is 18.1 Å². The van der Waals surface area contributed by atoms with Crippen LogP contribution < -0.4 is 20.1 Å². The molecule has 0 fully saturated rings. The summed E-state index contributed by atoms with van der Waals surface area (Å²) in [5.41, 5.74) is 2.26. The zero-order valence-electron chi connectivity index (χ0n) is 20.3. The predicted molar refractivity (Wildman–Crippen MR) is 146 cm³/mol. The van der Waals surface area contributed by atoms with E-state index < -0.39 is 0 Å². The third kappa shape index (κ3) is 12.7. The lowest BCUT2D eigenvalue weighted by Gasteiger charge is -2.14. The van der Waals surface area contributed by atoms with E-state index in [2.05, 4.69) is 27.7 Å². The van der Waals surface area contributed by atoms with Crippen LogP contribution in [0.15, 0.2) is 53.5 Å². The van der Waals surface area contributed by atoms with Crippen molar-refractivity contribution in [2.75, 3.05) is 54.1 Å². The molecule has 2 N–H and O–H groups in total. The molecule has 0 aliphatic heterocycles. The van der Waals surface area contributed by atoms with Crippen LogP contribution >= 0.6 is 24.0 Å². The van der Waals surface area contributed by atoms with Crippen molar-refractivity contribution in [1.82, 2.24) is 15.5 Å². The summed E-state index contributed by atoms with van der Waals surface area (Å²) in [4.78, 5) is 6.88. The molecule has 33 heavy (non-hydrogen) atoms. The van der Waals surface area contributed by atoms with E-state index in [4.69, 9.17) is 19.2 Å². The Bertz CT molecular complexity index is 800. The zero-order chi connectivity index (χ0) is 23.0. The van der Waals surface area contributed by atoms with Crippen LogP contribution in [-0.2, 0) is 17.8 Å². The minimum Gasteiger partial charge on any atom is -0.497 e. The van der Waals surface area contributed by atoms with Gasteiger partial charge in [0.15, 0.2) is 5.96 Å². The number of hydrogen-bond donors (Lipinski definition) is 2. The molecule has 0 saturated heterocycles. The number of nitrogens with one attached hydrogen (secondary N) is 2. The second-order valence-electron chi connectivity index (χ2n) is 7.64. The first-order chi connectivity index (χ1) is 15.6. The van der Waals surface area contributed by atoms with E-state index in [1.165, 1.54) is 0 Å². The van der Waals surface area contributed by atoms with Crippen molar-refractivity contribution in [3.05, 3.63) is 59.7 Å². The number of halogens is 1. The number of likely N-dealkylation sites (N-methyl/N-ethyl adjacent to an activating group) is 1. The highest BCUT2D eigenvalue weighted by molar-refractivity contribution is 14.0. The molecule has 0 saturated carbocycles. The quantitative estimate of drug-likeness (QED) is 0.156. The molecule has 0 amide bonds. The number of aliphatic imine (C=N–C) groups is 1. The van der Waals surface area contributed by atoms with E-state index in [1.54, 1.807) is 7.11 Å². The predicted octanol–water partition coefficient (Wildman–Crippen LogP) is 3.92. The van der Waals surface area contributed by atoms with Gasteiger partial charge in [0, 0.05) is 32.8 Å². The van der Waals surface area contributed by atoms with Crippen molar-refractivity contribution < 1.29 is 14.2 Å². The van der Waals surface area contributed by atoms with Crippen LogP contribution in [0.4, 0.5) is 0 Å². The number of methoxy groups -OCH3 is 1.